The van der Waals surface area contributed by atoms with Crippen LogP contribution in [0.2, 0.25) is 0 Å². The fourth-order valence-electron chi connectivity index (χ4n) is 2.52. The Morgan fingerprint density at radius 3 is 2.00 bits per heavy atom. The monoisotopic (exact) mass is 271 g/mol. The Bertz CT molecular complexity index is 300. The van der Waals surface area contributed by atoms with Gasteiger partial charge in [0, 0.05) is 32.7 Å². The Hall–Kier alpha value is -0.650. The van der Waals surface area contributed by atoms with Gasteiger partial charge in [0.25, 0.3) is 0 Å². The van der Waals surface area contributed by atoms with Crippen LogP contribution < -0.4 is 5.73 Å². The highest BCUT2D eigenvalue weighted by molar-refractivity contribution is 5.86. The maximum atomic E-state index is 12.4. The molecule has 1 aliphatic rings. The van der Waals surface area contributed by atoms with Gasteiger partial charge < -0.3 is 15.7 Å². The number of hydrogen-bond donors (Lipinski definition) is 2. The van der Waals surface area contributed by atoms with E-state index in [9.17, 15) is 9.90 Å². The van der Waals surface area contributed by atoms with Crippen LogP contribution in [-0.2, 0) is 4.79 Å². The van der Waals surface area contributed by atoms with Crippen molar-refractivity contribution in [3.8, 4) is 0 Å². The summed E-state index contributed by atoms with van der Waals surface area (Å²) in [6.45, 7) is 11.2. The largest absolute Gasteiger partial charge is 0.389 e. The summed E-state index contributed by atoms with van der Waals surface area (Å²) in [6, 6.07) is 0. The Morgan fingerprint density at radius 1 is 1.16 bits per heavy atom. The zero-order valence-electron chi connectivity index (χ0n) is 12.8. The normalized spacial score (nSPS) is 18.7. The molecule has 0 aromatic carbocycles. The van der Waals surface area contributed by atoms with Crippen LogP contribution in [-0.4, -0.2) is 64.7 Å². The first-order valence-electron chi connectivity index (χ1n) is 7.25. The van der Waals surface area contributed by atoms with Crippen LogP contribution >= 0.6 is 0 Å². The van der Waals surface area contributed by atoms with Crippen molar-refractivity contribution in [3.05, 3.63) is 0 Å². The minimum atomic E-state index is -0.710. The molecule has 0 saturated carbocycles. The summed E-state index contributed by atoms with van der Waals surface area (Å²) >= 11 is 0. The number of amides is 1. The average Bonchev–Trinajstić information content (AvgIpc) is 2.36. The average molecular weight is 271 g/mol. The third-order valence-electron chi connectivity index (χ3n) is 3.96. The van der Waals surface area contributed by atoms with Crippen molar-refractivity contribution in [1.29, 1.82) is 0 Å². The van der Waals surface area contributed by atoms with Crippen molar-refractivity contribution in [1.82, 2.24) is 9.80 Å². The highest BCUT2D eigenvalue weighted by Crippen LogP contribution is 2.17. The molecule has 0 aromatic heterocycles. The third-order valence-corrected chi connectivity index (χ3v) is 3.96. The van der Waals surface area contributed by atoms with Crippen molar-refractivity contribution in [2.45, 2.75) is 51.7 Å². The lowest BCUT2D eigenvalue weighted by atomic mass is 9.92. The summed E-state index contributed by atoms with van der Waals surface area (Å²) in [6.07, 6.45) is 1.35. The standard InChI is InChI=1S/C14H29N3O2/c1-5-14(15,6-2)12(18)17-9-7-16(8-10-17)11-13(3,4)19/h19H,5-11,15H2,1-4H3. The third kappa shape index (κ3) is 4.44. The molecule has 5 nitrogen and oxygen atoms in total. The zero-order valence-corrected chi connectivity index (χ0v) is 12.8. The number of carbonyl (C=O) groups excluding carboxylic acids is 1. The van der Waals surface area contributed by atoms with Crippen molar-refractivity contribution >= 4 is 5.91 Å². The molecular formula is C14H29N3O2. The highest BCUT2D eigenvalue weighted by atomic mass is 16.3. The number of hydrogen-bond acceptors (Lipinski definition) is 4. The molecule has 1 fully saturated rings. The van der Waals surface area contributed by atoms with Gasteiger partial charge in [0.2, 0.25) is 5.91 Å². The number of β-amino-alcohol motifs (C(OH)–C–C–N with tert-alkyl or cyclic N) is 1. The Labute approximate surface area is 116 Å². The molecule has 0 bridgehead atoms. The molecule has 1 amide bonds. The minimum absolute atomic E-state index is 0.0698. The molecule has 0 radical (unpaired) electrons. The van der Waals surface area contributed by atoms with Crippen LogP contribution in [0, 0.1) is 0 Å². The van der Waals surface area contributed by atoms with Crippen LogP contribution in [0.3, 0.4) is 0 Å². The second-order valence-corrected chi connectivity index (χ2v) is 6.24. The number of carbonyl (C=O) groups is 1. The second-order valence-electron chi connectivity index (χ2n) is 6.24. The highest BCUT2D eigenvalue weighted by Gasteiger charge is 2.35. The van der Waals surface area contributed by atoms with E-state index in [1.165, 1.54) is 0 Å². The molecular weight excluding hydrogens is 242 g/mol. The molecule has 19 heavy (non-hydrogen) atoms. The summed E-state index contributed by atoms with van der Waals surface area (Å²) in [4.78, 5) is 16.5. The molecule has 0 spiro atoms. The molecule has 112 valence electrons. The Balaban J connectivity index is 2.52. The van der Waals surface area contributed by atoms with Gasteiger partial charge in [0.05, 0.1) is 11.1 Å². The van der Waals surface area contributed by atoms with Crippen LogP contribution in [0.15, 0.2) is 0 Å². The zero-order chi connectivity index (χ0) is 14.7. The fraction of sp³-hybridized carbons (Fsp3) is 0.929. The van der Waals surface area contributed by atoms with Crippen LogP contribution in [0.1, 0.15) is 40.5 Å². The Kier molecular flexibility index (Phi) is 5.35. The van der Waals surface area contributed by atoms with E-state index >= 15 is 0 Å². The maximum Gasteiger partial charge on any atom is 0.242 e. The van der Waals surface area contributed by atoms with Gasteiger partial charge in [-0.25, -0.2) is 0 Å². The lowest BCUT2D eigenvalue weighted by Crippen LogP contribution is -2.59. The van der Waals surface area contributed by atoms with Crippen molar-refractivity contribution in [2.24, 2.45) is 5.73 Å². The van der Waals surface area contributed by atoms with E-state index in [0.717, 1.165) is 13.1 Å². The number of nitrogens with two attached hydrogens (primary N) is 1. The van der Waals surface area contributed by atoms with Gasteiger partial charge in [-0.2, -0.15) is 0 Å². The van der Waals surface area contributed by atoms with Crippen molar-refractivity contribution in [3.63, 3.8) is 0 Å². The van der Waals surface area contributed by atoms with E-state index in [4.69, 9.17) is 5.73 Å². The molecule has 3 N–H and O–H groups in total. The van der Waals surface area contributed by atoms with Gasteiger partial charge in [0.1, 0.15) is 0 Å². The first-order valence-corrected chi connectivity index (χ1v) is 7.25. The SMILES string of the molecule is CCC(N)(CC)C(=O)N1CCN(CC(C)(C)O)CC1. The first-order chi connectivity index (χ1) is 8.72. The van der Waals surface area contributed by atoms with E-state index < -0.39 is 11.1 Å². The van der Waals surface area contributed by atoms with E-state index in [1.54, 1.807) is 0 Å². The van der Waals surface area contributed by atoms with E-state index in [-0.39, 0.29) is 5.91 Å². The van der Waals surface area contributed by atoms with E-state index in [0.29, 0.717) is 32.5 Å². The van der Waals surface area contributed by atoms with Gasteiger partial charge in [-0.1, -0.05) is 13.8 Å². The number of aliphatic hydroxyl groups is 1. The molecule has 0 unspecified atom stereocenters. The molecule has 0 aromatic rings. The van der Waals surface area contributed by atoms with Crippen molar-refractivity contribution < 1.29 is 9.90 Å². The van der Waals surface area contributed by atoms with Gasteiger partial charge in [-0.05, 0) is 26.7 Å². The number of rotatable bonds is 5. The van der Waals surface area contributed by atoms with Crippen LogP contribution in [0.4, 0.5) is 0 Å². The van der Waals surface area contributed by atoms with Crippen LogP contribution in [0.25, 0.3) is 0 Å². The first kappa shape index (κ1) is 16.4. The van der Waals surface area contributed by atoms with Gasteiger partial charge in [-0.15, -0.1) is 0 Å². The maximum absolute atomic E-state index is 12.4. The number of nitrogens with zero attached hydrogens (tertiary/aromatic N) is 2. The number of piperazine rings is 1. The molecule has 1 heterocycles. The van der Waals surface area contributed by atoms with Gasteiger partial charge in [-0.3, -0.25) is 9.69 Å². The summed E-state index contributed by atoms with van der Waals surface area (Å²) < 4.78 is 0. The van der Waals surface area contributed by atoms with Crippen molar-refractivity contribution in [2.75, 3.05) is 32.7 Å². The predicted octanol–water partition coefficient (Wildman–Crippen LogP) is 0.419. The van der Waals surface area contributed by atoms with Gasteiger partial charge in [0.15, 0.2) is 0 Å². The predicted molar refractivity (Wildman–Crippen MR) is 76.8 cm³/mol. The smallest absolute Gasteiger partial charge is 0.242 e. The minimum Gasteiger partial charge on any atom is -0.389 e. The quantitative estimate of drug-likeness (QED) is 0.760. The summed E-state index contributed by atoms with van der Waals surface area (Å²) in [5, 5.41) is 9.81. The van der Waals surface area contributed by atoms with E-state index in [2.05, 4.69) is 4.90 Å². The van der Waals surface area contributed by atoms with E-state index in [1.807, 2.05) is 32.6 Å². The Morgan fingerprint density at radius 2 is 1.63 bits per heavy atom. The fourth-order valence-corrected chi connectivity index (χ4v) is 2.52. The molecule has 0 atom stereocenters. The second kappa shape index (κ2) is 6.20. The molecule has 1 rings (SSSR count). The summed E-state index contributed by atoms with van der Waals surface area (Å²) in [5.41, 5.74) is 4.77. The lowest BCUT2D eigenvalue weighted by Gasteiger charge is -2.40. The molecule has 0 aliphatic carbocycles. The van der Waals surface area contributed by atoms with Gasteiger partial charge >= 0.3 is 0 Å². The molecule has 5 heteroatoms. The molecule has 1 saturated heterocycles. The topological polar surface area (TPSA) is 69.8 Å². The lowest BCUT2D eigenvalue weighted by molar-refractivity contribution is -0.139. The van der Waals surface area contributed by atoms with Crippen LogP contribution in [0.5, 0.6) is 0 Å². The summed E-state index contributed by atoms with van der Waals surface area (Å²) in [5.74, 6) is 0.0698. The summed E-state index contributed by atoms with van der Waals surface area (Å²) in [7, 11) is 0. The molecule has 1 aliphatic heterocycles.